The lowest BCUT2D eigenvalue weighted by molar-refractivity contribution is 0.0803. The molecule has 1 amide bonds. The number of aromatic amines is 1. The smallest absolute Gasteiger partial charge is 0.261 e. The summed E-state index contributed by atoms with van der Waals surface area (Å²) in [6, 6.07) is 6.58. The van der Waals surface area contributed by atoms with E-state index >= 15 is 0 Å². The maximum atomic E-state index is 12.6. The molecular formula is C17H16N4O4. The summed E-state index contributed by atoms with van der Waals surface area (Å²) in [4.78, 5) is 31.8. The zero-order chi connectivity index (χ0) is 17.4. The summed E-state index contributed by atoms with van der Waals surface area (Å²) in [7, 11) is 0. The van der Waals surface area contributed by atoms with E-state index in [4.69, 9.17) is 8.94 Å². The van der Waals surface area contributed by atoms with Gasteiger partial charge >= 0.3 is 0 Å². The second kappa shape index (κ2) is 5.73. The standard InChI is InChI=1S/C17H16N4O4/c1-10-18-16(21-25-10)17(7-3-8-17)20-15(23)11-5-6-12(19-14(11)22)13-4-2-9-24-13/h2,4-6,9H,3,7-8H2,1H3,(H,19,22)(H,20,23). The number of pyridine rings is 1. The van der Waals surface area contributed by atoms with Gasteiger partial charge in [0.15, 0.2) is 5.82 Å². The molecule has 8 nitrogen and oxygen atoms in total. The second-order valence-corrected chi connectivity index (χ2v) is 6.12. The van der Waals surface area contributed by atoms with Crippen LogP contribution in [0.5, 0.6) is 0 Å². The van der Waals surface area contributed by atoms with Gasteiger partial charge in [-0.1, -0.05) is 5.16 Å². The Morgan fingerprint density at radius 3 is 2.72 bits per heavy atom. The Kier molecular flexibility index (Phi) is 3.52. The first-order chi connectivity index (χ1) is 12.1. The van der Waals surface area contributed by atoms with Crippen molar-refractivity contribution in [1.82, 2.24) is 20.4 Å². The summed E-state index contributed by atoms with van der Waals surface area (Å²) in [6.07, 6.45) is 3.88. The molecule has 0 bridgehead atoms. The lowest BCUT2D eigenvalue weighted by Crippen LogP contribution is -2.52. The van der Waals surface area contributed by atoms with Crippen molar-refractivity contribution in [2.75, 3.05) is 0 Å². The molecule has 0 radical (unpaired) electrons. The quantitative estimate of drug-likeness (QED) is 0.752. The van der Waals surface area contributed by atoms with Crippen molar-refractivity contribution >= 4 is 5.91 Å². The fourth-order valence-corrected chi connectivity index (χ4v) is 2.94. The van der Waals surface area contributed by atoms with E-state index in [9.17, 15) is 9.59 Å². The van der Waals surface area contributed by atoms with Crippen molar-refractivity contribution in [3.63, 3.8) is 0 Å². The molecule has 1 aliphatic rings. The van der Waals surface area contributed by atoms with Crippen molar-refractivity contribution in [2.45, 2.75) is 31.7 Å². The molecule has 1 saturated carbocycles. The van der Waals surface area contributed by atoms with Crippen LogP contribution in [0, 0.1) is 6.92 Å². The van der Waals surface area contributed by atoms with E-state index in [0.717, 1.165) is 6.42 Å². The van der Waals surface area contributed by atoms with E-state index in [1.807, 2.05) is 0 Å². The van der Waals surface area contributed by atoms with E-state index in [1.165, 1.54) is 12.3 Å². The van der Waals surface area contributed by atoms with Crippen LogP contribution in [0.15, 0.2) is 44.3 Å². The molecule has 1 aliphatic carbocycles. The predicted molar refractivity (Wildman–Crippen MR) is 86.8 cm³/mol. The average molecular weight is 340 g/mol. The van der Waals surface area contributed by atoms with Crippen LogP contribution in [-0.4, -0.2) is 21.0 Å². The normalized spacial score (nSPS) is 15.6. The lowest BCUT2D eigenvalue weighted by atomic mass is 9.76. The molecule has 3 aromatic rings. The molecule has 0 spiro atoms. The first-order valence-corrected chi connectivity index (χ1v) is 7.98. The topological polar surface area (TPSA) is 114 Å². The molecule has 25 heavy (non-hydrogen) atoms. The highest BCUT2D eigenvalue weighted by Crippen LogP contribution is 2.39. The molecule has 1 fully saturated rings. The van der Waals surface area contributed by atoms with E-state index in [1.54, 1.807) is 25.1 Å². The summed E-state index contributed by atoms with van der Waals surface area (Å²) in [5, 5.41) is 6.83. The van der Waals surface area contributed by atoms with Gasteiger partial charge in [0.05, 0.1) is 12.0 Å². The highest BCUT2D eigenvalue weighted by molar-refractivity contribution is 5.94. The highest BCUT2D eigenvalue weighted by Gasteiger charge is 2.44. The number of amides is 1. The third-order valence-corrected chi connectivity index (χ3v) is 4.46. The average Bonchev–Trinajstić information content (AvgIpc) is 3.22. The van der Waals surface area contributed by atoms with Crippen LogP contribution >= 0.6 is 0 Å². The molecule has 0 aromatic carbocycles. The van der Waals surface area contributed by atoms with Crippen molar-refractivity contribution < 1.29 is 13.7 Å². The maximum absolute atomic E-state index is 12.6. The number of rotatable bonds is 4. The van der Waals surface area contributed by atoms with Gasteiger partial charge in [-0.15, -0.1) is 0 Å². The fraction of sp³-hybridized carbons (Fsp3) is 0.294. The third-order valence-electron chi connectivity index (χ3n) is 4.46. The molecule has 0 aliphatic heterocycles. The number of furan rings is 1. The second-order valence-electron chi connectivity index (χ2n) is 6.12. The lowest BCUT2D eigenvalue weighted by Gasteiger charge is -2.39. The maximum Gasteiger partial charge on any atom is 0.261 e. The molecule has 2 N–H and O–H groups in total. The minimum Gasteiger partial charge on any atom is -0.463 e. The molecule has 128 valence electrons. The van der Waals surface area contributed by atoms with Crippen molar-refractivity contribution in [2.24, 2.45) is 0 Å². The van der Waals surface area contributed by atoms with Gasteiger partial charge in [0, 0.05) is 6.92 Å². The largest absolute Gasteiger partial charge is 0.463 e. The highest BCUT2D eigenvalue weighted by atomic mass is 16.5. The van der Waals surface area contributed by atoms with E-state index < -0.39 is 17.0 Å². The minimum absolute atomic E-state index is 0.0294. The minimum atomic E-state index is -0.666. The molecular weight excluding hydrogens is 324 g/mol. The van der Waals surface area contributed by atoms with Crippen LogP contribution in [0.1, 0.15) is 41.3 Å². The molecule has 0 saturated heterocycles. The van der Waals surface area contributed by atoms with Gasteiger partial charge in [0.25, 0.3) is 11.5 Å². The van der Waals surface area contributed by atoms with Gasteiger partial charge < -0.3 is 19.2 Å². The summed E-state index contributed by atoms with van der Waals surface area (Å²) in [5.41, 5.74) is -0.605. The van der Waals surface area contributed by atoms with Crippen molar-refractivity contribution in [3.8, 4) is 11.5 Å². The van der Waals surface area contributed by atoms with Crippen LogP contribution in [-0.2, 0) is 5.54 Å². The molecule has 3 aromatic heterocycles. The number of aryl methyl sites for hydroxylation is 1. The van der Waals surface area contributed by atoms with Crippen LogP contribution in [0.3, 0.4) is 0 Å². The number of carbonyl (C=O) groups is 1. The van der Waals surface area contributed by atoms with Gasteiger partial charge in [-0.3, -0.25) is 9.59 Å². The number of H-pyrrole nitrogens is 1. The predicted octanol–water partition coefficient (Wildman–Crippen LogP) is 2.14. The number of hydrogen-bond donors (Lipinski definition) is 2. The summed E-state index contributed by atoms with van der Waals surface area (Å²) in [5.74, 6) is 0.959. The number of nitrogens with zero attached hydrogens (tertiary/aromatic N) is 2. The Balaban J connectivity index is 1.60. The van der Waals surface area contributed by atoms with E-state index in [-0.39, 0.29) is 5.56 Å². The van der Waals surface area contributed by atoms with Crippen LogP contribution in [0.25, 0.3) is 11.5 Å². The number of aromatic nitrogens is 3. The Morgan fingerprint density at radius 1 is 1.32 bits per heavy atom. The van der Waals surface area contributed by atoms with Gasteiger partial charge in [0.1, 0.15) is 16.9 Å². The third kappa shape index (κ3) is 2.65. The molecule has 0 atom stereocenters. The Hall–Kier alpha value is -3.16. The van der Waals surface area contributed by atoms with Crippen LogP contribution in [0.4, 0.5) is 0 Å². The molecule has 8 heteroatoms. The van der Waals surface area contributed by atoms with Gasteiger partial charge in [-0.25, -0.2) is 0 Å². The Labute approximate surface area is 142 Å². The summed E-state index contributed by atoms with van der Waals surface area (Å²) >= 11 is 0. The summed E-state index contributed by atoms with van der Waals surface area (Å²) < 4.78 is 10.3. The van der Waals surface area contributed by atoms with Crippen LogP contribution < -0.4 is 10.9 Å². The van der Waals surface area contributed by atoms with Crippen LogP contribution in [0.2, 0.25) is 0 Å². The molecule has 4 rings (SSSR count). The van der Waals surface area contributed by atoms with Gasteiger partial charge in [-0.2, -0.15) is 4.98 Å². The molecule has 0 unspecified atom stereocenters. The van der Waals surface area contributed by atoms with Gasteiger partial charge in [-0.05, 0) is 43.5 Å². The van der Waals surface area contributed by atoms with E-state index in [0.29, 0.717) is 36.0 Å². The number of carbonyl (C=O) groups excluding carboxylic acids is 1. The Bertz CT molecular complexity index is 967. The SMILES string of the molecule is Cc1nc(C2(NC(=O)c3ccc(-c4ccco4)[nH]c3=O)CCC2)no1. The fourth-order valence-electron chi connectivity index (χ4n) is 2.94. The zero-order valence-corrected chi connectivity index (χ0v) is 13.5. The van der Waals surface area contributed by atoms with E-state index in [2.05, 4.69) is 20.4 Å². The first-order valence-electron chi connectivity index (χ1n) is 7.98. The first kappa shape index (κ1) is 15.4. The summed E-state index contributed by atoms with van der Waals surface area (Å²) in [6.45, 7) is 1.70. The Morgan fingerprint density at radius 2 is 2.16 bits per heavy atom. The monoisotopic (exact) mass is 340 g/mol. The number of nitrogens with one attached hydrogen (secondary N) is 2. The van der Waals surface area contributed by atoms with Gasteiger partial charge in [0.2, 0.25) is 5.89 Å². The van der Waals surface area contributed by atoms with Crippen molar-refractivity contribution in [1.29, 1.82) is 0 Å². The van der Waals surface area contributed by atoms with Crippen molar-refractivity contribution in [3.05, 3.63) is 58.2 Å². The number of hydrogen-bond acceptors (Lipinski definition) is 6. The molecule has 3 heterocycles. The zero-order valence-electron chi connectivity index (χ0n) is 13.5.